The average molecular weight is 349 g/mol. The molecule has 1 aromatic rings. The first kappa shape index (κ1) is 17.4. The highest BCUT2D eigenvalue weighted by Gasteiger charge is 2.64. The van der Waals surface area contributed by atoms with Crippen LogP contribution in [-0.2, 0) is 9.53 Å². The molecule has 2 rings (SSSR count). The summed E-state index contributed by atoms with van der Waals surface area (Å²) < 4.78 is 45.7. The largest absolute Gasteiger partial charge is 0.479 e. The van der Waals surface area contributed by atoms with Gasteiger partial charge < -0.3 is 14.7 Å². The van der Waals surface area contributed by atoms with Gasteiger partial charge >= 0.3 is 12.1 Å². The molecule has 1 fully saturated rings. The lowest BCUT2D eigenvalue weighted by Crippen LogP contribution is -2.56. The molecule has 23 heavy (non-hydrogen) atoms. The second kappa shape index (κ2) is 5.91. The van der Waals surface area contributed by atoms with E-state index < -0.39 is 36.9 Å². The van der Waals surface area contributed by atoms with E-state index >= 15 is 0 Å². The predicted molar refractivity (Wildman–Crippen MR) is 75.1 cm³/mol. The zero-order valence-corrected chi connectivity index (χ0v) is 12.6. The second-order valence-corrected chi connectivity index (χ2v) is 5.37. The van der Waals surface area contributed by atoms with Crippen molar-refractivity contribution >= 4 is 23.3 Å². The quantitative estimate of drug-likeness (QED) is 0.908. The van der Waals surface area contributed by atoms with Crippen molar-refractivity contribution in [2.45, 2.75) is 31.3 Å². The lowest BCUT2D eigenvalue weighted by atomic mass is 10.1. The van der Waals surface area contributed by atoms with Gasteiger partial charge in [0.1, 0.15) is 6.07 Å². The Bertz CT molecular complexity index is 674. The van der Waals surface area contributed by atoms with Crippen LogP contribution in [-0.4, -0.2) is 35.6 Å². The minimum atomic E-state index is -4.81. The lowest BCUT2D eigenvalue weighted by Gasteiger charge is -2.38. The van der Waals surface area contributed by atoms with E-state index in [-0.39, 0.29) is 16.3 Å². The van der Waals surface area contributed by atoms with Crippen molar-refractivity contribution in [3.63, 3.8) is 0 Å². The third kappa shape index (κ3) is 2.82. The molecule has 0 aliphatic carbocycles. The smallest absolute Gasteiger partial charge is 0.436 e. The van der Waals surface area contributed by atoms with Crippen molar-refractivity contribution in [3.8, 4) is 6.07 Å². The van der Waals surface area contributed by atoms with Crippen LogP contribution in [0.2, 0.25) is 5.02 Å². The summed E-state index contributed by atoms with van der Waals surface area (Å²) in [5.41, 5.74) is -2.61. The molecule has 1 N–H and O–H groups in total. The van der Waals surface area contributed by atoms with Gasteiger partial charge in [0.25, 0.3) is 0 Å². The maximum Gasteiger partial charge on any atom is 0.436 e. The zero-order valence-electron chi connectivity index (χ0n) is 11.9. The highest BCUT2D eigenvalue weighted by atomic mass is 35.5. The molecule has 1 aromatic carbocycles. The SMILES string of the molecule is CC[C@]1(C(F)(F)F)O[C@H](C(=O)O)CN1c1ccc(C#N)c(Cl)c1. The summed E-state index contributed by atoms with van der Waals surface area (Å²) in [5, 5.41) is 17.8. The summed E-state index contributed by atoms with van der Waals surface area (Å²) in [6, 6.07) is 5.57. The highest BCUT2D eigenvalue weighted by Crippen LogP contribution is 2.46. The fourth-order valence-electron chi connectivity index (χ4n) is 2.55. The van der Waals surface area contributed by atoms with Gasteiger partial charge in [-0.3, -0.25) is 0 Å². The van der Waals surface area contributed by atoms with Gasteiger partial charge in [-0.25, -0.2) is 4.79 Å². The third-order valence-electron chi connectivity index (χ3n) is 3.70. The molecule has 1 saturated heterocycles. The maximum atomic E-state index is 13.6. The number of rotatable bonds is 3. The summed E-state index contributed by atoms with van der Waals surface area (Å²) in [4.78, 5) is 11.9. The first-order valence-corrected chi connectivity index (χ1v) is 6.98. The molecule has 2 atom stereocenters. The summed E-state index contributed by atoms with van der Waals surface area (Å²) in [7, 11) is 0. The Morgan fingerprint density at radius 3 is 2.70 bits per heavy atom. The van der Waals surface area contributed by atoms with Gasteiger partial charge in [-0.2, -0.15) is 18.4 Å². The van der Waals surface area contributed by atoms with Crippen molar-refractivity contribution in [3.05, 3.63) is 28.8 Å². The minimum absolute atomic E-state index is 0.0176. The van der Waals surface area contributed by atoms with Crippen LogP contribution < -0.4 is 4.90 Å². The molecule has 5 nitrogen and oxygen atoms in total. The summed E-state index contributed by atoms with van der Waals surface area (Å²) in [5.74, 6) is -1.48. The van der Waals surface area contributed by atoms with E-state index in [1.165, 1.54) is 25.1 Å². The molecular weight excluding hydrogens is 337 g/mol. The Morgan fingerprint density at radius 2 is 2.26 bits per heavy atom. The Morgan fingerprint density at radius 1 is 1.61 bits per heavy atom. The molecule has 0 aromatic heterocycles. The number of aliphatic carboxylic acids is 1. The number of carboxylic acid groups (broad SMARTS) is 1. The molecule has 1 aliphatic rings. The molecule has 0 unspecified atom stereocenters. The van der Waals surface area contributed by atoms with E-state index in [2.05, 4.69) is 0 Å². The number of hydrogen-bond donors (Lipinski definition) is 1. The van der Waals surface area contributed by atoms with Crippen LogP contribution in [0.5, 0.6) is 0 Å². The van der Waals surface area contributed by atoms with Gasteiger partial charge in [-0.1, -0.05) is 18.5 Å². The molecule has 0 saturated carbocycles. The normalized spacial score (nSPS) is 24.5. The van der Waals surface area contributed by atoms with E-state index in [0.29, 0.717) is 0 Å². The summed E-state index contributed by atoms with van der Waals surface area (Å²) in [6.07, 6.45) is -6.93. The van der Waals surface area contributed by atoms with Crippen molar-refractivity contribution in [2.24, 2.45) is 0 Å². The first-order valence-electron chi connectivity index (χ1n) is 6.61. The van der Waals surface area contributed by atoms with E-state index in [4.69, 9.17) is 26.7 Å². The number of anilines is 1. The van der Waals surface area contributed by atoms with Crippen LogP contribution in [0.4, 0.5) is 18.9 Å². The highest BCUT2D eigenvalue weighted by molar-refractivity contribution is 6.32. The first-order chi connectivity index (χ1) is 10.7. The third-order valence-corrected chi connectivity index (χ3v) is 4.02. The number of halogens is 4. The maximum absolute atomic E-state index is 13.6. The van der Waals surface area contributed by atoms with Crippen LogP contribution in [0.1, 0.15) is 18.9 Å². The Hall–Kier alpha value is -1.98. The fraction of sp³-hybridized carbons (Fsp3) is 0.429. The number of hydrogen-bond acceptors (Lipinski definition) is 4. The van der Waals surface area contributed by atoms with Crippen LogP contribution in [0.3, 0.4) is 0 Å². The van der Waals surface area contributed by atoms with Crippen LogP contribution >= 0.6 is 11.6 Å². The zero-order chi connectivity index (χ0) is 17.4. The fourth-order valence-corrected chi connectivity index (χ4v) is 2.77. The van der Waals surface area contributed by atoms with Crippen LogP contribution in [0.25, 0.3) is 0 Å². The van der Waals surface area contributed by atoms with Crippen LogP contribution in [0.15, 0.2) is 18.2 Å². The van der Waals surface area contributed by atoms with Gasteiger partial charge in [0.2, 0.25) is 5.72 Å². The van der Waals surface area contributed by atoms with Gasteiger partial charge in [0, 0.05) is 12.1 Å². The number of carboxylic acids is 1. The van der Waals surface area contributed by atoms with Gasteiger partial charge in [-0.15, -0.1) is 0 Å². The van der Waals surface area contributed by atoms with Crippen LogP contribution in [0, 0.1) is 11.3 Å². The standard InChI is InChI=1S/C14H12ClF3N2O3/c1-2-13(14(16,17)18)20(7-11(23-13)12(21)22)9-4-3-8(6-19)10(15)5-9/h3-5,11H,2,7H2,1H3,(H,21,22)/t11-,13+/m0/s1. The Kier molecular flexibility index (Phi) is 4.46. The monoisotopic (exact) mass is 348 g/mol. The topological polar surface area (TPSA) is 73.6 Å². The second-order valence-electron chi connectivity index (χ2n) is 4.97. The van der Waals surface area contributed by atoms with Crippen molar-refractivity contribution in [1.29, 1.82) is 5.26 Å². The Labute approximate surface area is 134 Å². The number of nitriles is 1. The predicted octanol–water partition coefficient (Wildman–Crippen LogP) is 3.17. The number of carbonyl (C=O) groups is 1. The van der Waals surface area contributed by atoms with Gasteiger partial charge in [0.15, 0.2) is 6.10 Å². The Balaban J connectivity index is 2.54. The molecule has 0 bridgehead atoms. The molecule has 0 radical (unpaired) electrons. The van der Waals surface area contributed by atoms with Gasteiger partial charge in [-0.05, 0) is 18.2 Å². The molecule has 124 valence electrons. The summed E-state index contributed by atoms with van der Waals surface area (Å²) >= 11 is 5.87. The molecule has 0 amide bonds. The number of nitrogens with zero attached hydrogens (tertiary/aromatic N) is 2. The van der Waals surface area contributed by atoms with Crippen molar-refractivity contribution in [1.82, 2.24) is 0 Å². The van der Waals surface area contributed by atoms with Crippen molar-refractivity contribution in [2.75, 3.05) is 11.4 Å². The van der Waals surface area contributed by atoms with E-state index in [1.807, 2.05) is 0 Å². The molecular formula is C14H12ClF3N2O3. The number of benzene rings is 1. The summed E-state index contributed by atoms with van der Waals surface area (Å²) in [6.45, 7) is 0.779. The minimum Gasteiger partial charge on any atom is -0.479 e. The number of alkyl halides is 3. The molecule has 9 heteroatoms. The number of ether oxygens (including phenoxy) is 1. The van der Waals surface area contributed by atoms with E-state index in [0.717, 1.165) is 4.90 Å². The molecule has 0 spiro atoms. The van der Waals surface area contributed by atoms with Crippen molar-refractivity contribution < 1.29 is 27.8 Å². The molecule has 1 aliphatic heterocycles. The lowest BCUT2D eigenvalue weighted by molar-refractivity contribution is -0.270. The van der Waals surface area contributed by atoms with Gasteiger partial charge in [0.05, 0.1) is 17.1 Å². The average Bonchev–Trinajstić information content (AvgIpc) is 2.88. The molecule has 1 heterocycles. The van der Waals surface area contributed by atoms with E-state index in [9.17, 15) is 18.0 Å². The van der Waals surface area contributed by atoms with E-state index in [1.54, 1.807) is 6.07 Å².